The van der Waals surface area contributed by atoms with Gasteiger partial charge in [0.2, 0.25) is 11.9 Å². The SMILES string of the molecule is COc1cccc(-n2ccnc2N2CCN(CC(=O)Nc3cccc4ccccc34)CC2)c1. The minimum atomic E-state index is 0.0117. The van der Waals surface area contributed by atoms with Crippen LogP contribution in [0.5, 0.6) is 5.75 Å². The highest BCUT2D eigenvalue weighted by molar-refractivity contribution is 6.02. The Kier molecular flexibility index (Phi) is 5.95. The molecule has 5 rings (SSSR count). The predicted molar refractivity (Wildman–Crippen MR) is 131 cm³/mol. The van der Waals surface area contributed by atoms with E-state index in [1.54, 1.807) is 7.11 Å². The standard InChI is InChI=1S/C26H27N5O2/c1-33-22-9-5-8-21(18-22)31-13-12-27-26(31)30-16-14-29(15-17-30)19-25(32)28-24-11-4-7-20-6-2-3-10-23(20)24/h2-13,18H,14-17,19H2,1H3,(H,28,32). The lowest BCUT2D eigenvalue weighted by Gasteiger charge is -2.35. The number of nitrogens with one attached hydrogen (secondary N) is 1. The number of carbonyl (C=O) groups is 1. The van der Waals surface area contributed by atoms with Gasteiger partial charge in [0.1, 0.15) is 5.75 Å². The number of methoxy groups -OCH3 is 1. The summed E-state index contributed by atoms with van der Waals surface area (Å²) < 4.78 is 7.44. The quantitative estimate of drug-likeness (QED) is 0.493. The number of anilines is 2. The molecule has 1 amide bonds. The molecular weight excluding hydrogens is 414 g/mol. The monoisotopic (exact) mass is 441 g/mol. The highest BCUT2D eigenvalue weighted by Crippen LogP contribution is 2.24. The third-order valence-electron chi connectivity index (χ3n) is 6.04. The van der Waals surface area contributed by atoms with Gasteiger partial charge in [-0.2, -0.15) is 0 Å². The molecule has 0 unspecified atom stereocenters. The molecule has 3 aromatic carbocycles. The van der Waals surface area contributed by atoms with Crippen LogP contribution >= 0.6 is 0 Å². The van der Waals surface area contributed by atoms with Crippen LogP contribution in [-0.2, 0) is 4.79 Å². The van der Waals surface area contributed by atoms with Crippen LogP contribution in [0.4, 0.5) is 11.6 Å². The minimum absolute atomic E-state index is 0.0117. The molecule has 1 N–H and O–H groups in total. The van der Waals surface area contributed by atoms with Crippen molar-refractivity contribution in [2.75, 3.05) is 50.1 Å². The molecule has 33 heavy (non-hydrogen) atoms. The molecule has 4 aromatic rings. The second-order valence-corrected chi connectivity index (χ2v) is 8.14. The van der Waals surface area contributed by atoms with Crippen molar-refractivity contribution in [3.8, 4) is 11.4 Å². The number of carbonyl (C=O) groups excluding carboxylic acids is 1. The van der Waals surface area contributed by atoms with Gasteiger partial charge in [0.05, 0.1) is 19.3 Å². The molecule has 0 saturated carbocycles. The Morgan fingerprint density at radius 3 is 2.64 bits per heavy atom. The van der Waals surface area contributed by atoms with E-state index in [0.717, 1.165) is 60.0 Å². The van der Waals surface area contributed by atoms with Crippen molar-refractivity contribution in [2.45, 2.75) is 0 Å². The molecule has 7 nitrogen and oxygen atoms in total. The van der Waals surface area contributed by atoms with E-state index in [4.69, 9.17) is 4.74 Å². The number of amides is 1. The van der Waals surface area contributed by atoms with E-state index in [2.05, 4.69) is 36.8 Å². The maximum Gasteiger partial charge on any atom is 0.238 e. The van der Waals surface area contributed by atoms with Gasteiger partial charge in [-0.05, 0) is 23.6 Å². The van der Waals surface area contributed by atoms with E-state index in [0.29, 0.717) is 6.54 Å². The van der Waals surface area contributed by atoms with Gasteiger partial charge in [-0.1, -0.05) is 42.5 Å². The van der Waals surface area contributed by atoms with Crippen LogP contribution in [0, 0.1) is 0 Å². The Labute approximate surface area is 193 Å². The van der Waals surface area contributed by atoms with Crippen LogP contribution in [-0.4, -0.2) is 60.2 Å². The fourth-order valence-corrected chi connectivity index (χ4v) is 4.32. The third-order valence-corrected chi connectivity index (χ3v) is 6.04. The Morgan fingerprint density at radius 1 is 1.00 bits per heavy atom. The summed E-state index contributed by atoms with van der Waals surface area (Å²) in [6, 6.07) is 22.0. The fourth-order valence-electron chi connectivity index (χ4n) is 4.32. The van der Waals surface area contributed by atoms with Crippen molar-refractivity contribution in [3.63, 3.8) is 0 Å². The van der Waals surface area contributed by atoms with Gasteiger partial charge < -0.3 is 15.0 Å². The largest absolute Gasteiger partial charge is 0.497 e. The summed E-state index contributed by atoms with van der Waals surface area (Å²) >= 11 is 0. The first-order valence-corrected chi connectivity index (χ1v) is 11.1. The van der Waals surface area contributed by atoms with E-state index in [-0.39, 0.29) is 5.91 Å². The zero-order chi connectivity index (χ0) is 22.6. The summed E-state index contributed by atoms with van der Waals surface area (Å²) in [5, 5.41) is 5.27. The van der Waals surface area contributed by atoms with Crippen LogP contribution < -0.4 is 15.0 Å². The van der Waals surface area contributed by atoms with E-state index in [9.17, 15) is 4.79 Å². The normalized spacial score (nSPS) is 14.4. The van der Waals surface area contributed by atoms with E-state index in [1.165, 1.54) is 0 Å². The average molecular weight is 442 g/mol. The van der Waals surface area contributed by atoms with Crippen LogP contribution in [0.15, 0.2) is 79.1 Å². The number of piperazine rings is 1. The number of fused-ring (bicyclic) bond motifs is 1. The van der Waals surface area contributed by atoms with E-state index >= 15 is 0 Å². The summed E-state index contributed by atoms with van der Waals surface area (Å²) in [7, 11) is 1.67. The molecule has 0 aliphatic carbocycles. The average Bonchev–Trinajstić information content (AvgIpc) is 3.35. The Hall–Kier alpha value is -3.84. The summed E-state index contributed by atoms with van der Waals surface area (Å²) in [6.45, 7) is 3.59. The van der Waals surface area contributed by atoms with Crippen molar-refractivity contribution in [1.82, 2.24) is 14.5 Å². The van der Waals surface area contributed by atoms with Gasteiger partial charge >= 0.3 is 0 Å². The predicted octanol–water partition coefficient (Wildman–Crippen LogP) is 3.79. The molecule has 0 spiro atoms. The molecular formula is C26H27N5O2. The summed E-state index contributed by atoms with van der Waals surface area (Å²) in [6.07, 6.45) is 3.78. The van der Waals surface area contributed by atoms with Crippen LogP contribution in [0.1, 0.15) is 0 Å². The van der Waals surface area contributed by atoms with Crippen molar-refractivity contribution < 1.29 is 9.53 Å². The number of nitrogens with zero attached hydrogens (tertiary/aromatic N) is 4. The van der Waals surface area contributed by atoms with Gasteiger partial charge in [0.25, 0.3) is 0 Å². The smallest absolute Gasteiger partial charge is 0.238 e. The number of imidazole rings is 1. The van der Waals surface area contributed by atoms with Crippen molar-refractivity contribution in [2.24, 2.45) is 0 Å². The van der Waals surface area contributed by atoms with Crippen LogP contribution in [0.25, 0.3) is 16.5 Å². The van der Waals surface area contributed by atoms with Crippen LogP contribution in [0.2, 0.25) is 0 Å². The maximum atomic E-state index is 12.7. The zero-order valence-corrected chi connectivity index (χ0v) is 18.6. The molecule has 1 aromatic heterocycles. The number of hydrogen-bond acceptors (Lipinski definition) is 5. The van der Waals surface area contributed by atoms with E-state index in [1.807, 2.05) is 67.0 Å². The fraction of sp³-hybridized carbons (Fsp3) is 0.231. The zero-order valence-electron chi connectivity index (χ0n) is 18.6. The highest BCUT2D eigenvalue weighted by Gasteiger charge is 2.22. The molecule has 168 valence electrons. The number of rotatable bonds is 6. The molecule has 0 radical (unpaired) electrons. The lowest BCUT2D eigenvalue weighted by Crippen LogP contribution is -2.49. The lowest BCUT2D eigenvalue weighted by atomic mass is 10.1. The second kappa shape index (κ2) is 9.34. The molecule has 1 saturated heterocycles. The second-order valence-electron chi connectivity index (χ2n) is 8.14. The van der Waals surface area contributed by atoms with Gasteiger partial charge in [0.15, 0.2) is 0 Å². The number of ether oxygens (including phenoxy) is 1. The van der Waals surface area contributed by atoms with Gasteiger partial charge in [0, 0.05) is 55.7 Å². The first-order valence-electron chi connectivity index (χ1n) is 11.1. The van der Waals surface area contributed by atoms with Crippen molar-refractivity contribution >= 4 is 28.3 Å². The molecule has 0 atom stereocenters. The van der Waals surface area contributed by atoms with E-state index < -0.39 is 0 Å². The molecule has 2 heterocycles. The Morgan fingerprint density at radius 2 is 1.79 bits per heavy atom. The van der Waals surface area contributed by atoms with Gasteiger partial charge in [-0.15, -0.1) is 0 Å². The molecule has 1 aliphatic heterocycles. The van der Waals surface area contributed by atoms with Crippen molar-refractivity contribution in [1.29, 1.82) is 0 Å². The topological polar surface area (TPSA) is 62.6 Å². The molecule has 1 fully saturated rings. The first kappa shape index (κ1) is 21.0. The third kappa shape index (κ3) is 4.54. The molecule has 1 aliphatic rings. The highest BCUT2D eigenvalue weighted by atomic mass is 16.5. The van der Waals surface area contributed by atoms with Crippen molar-refractivity contribution in [3.05, 3.63) is 79.1 Å². The van der Waals surface area contributed by atoms with Crippen LogP contribution in [0.3, 0.4) is 0 Å². The summed E-state index contributed by atoms with van der Waals surface area (Å²) in [4.78, 5) is 21.8. The summed E-state index contributed by atoms with van der Waals surface area (Å²) in [5.41, 5.74) is 1.87. The number of benzene rings is 3. The molecule has 0 bridgehead atoms. The van der Waals surface area contributed by atoms with Gasteiger partial charge in [-0.25, -0.2) is 4.98 Å². The first-order chi connectivity index (χ1) is 16.2. The minimum Gasteiger partial charge on any atom is -0.497 e. The maximum absolute atomic E-state index is 12.7. The Balaban J connectivity index is 1.21. The molecule has 7 heteroatoms. The lowest BCUT2D eigenvalue weighted by molar-refractivity contribution is -0.117. The summed E-state index contributed by atoms with van der Waals surface area (Å²) in [5.74, 6) is 1.73. The number of hydrogen-bond donors (Lipinski definition) is 1. The Bertz CT molecular complexity index is 1260. The van der Waals surface area contributed by atoms with Gasteiger partial charge in [-0.3, -0.25) is 14.3 Å². The number of aromatic nitrogens is 2.